The van der Waals surface area contributed by atoms with E-state index in [1.54, 1.807) is 0 Å². The van der Waals surface area contributed by atoms with Gasteiger partial charge < -0.3 is 8.94 Å². The number of benzene rings is 1. The van der Waals surface area contributed by atoms with E-state index in [2.05, 4.69) is 40.8 Å². The van der Waals surface area contributed by atoms with E-state index in [4.69, 9.17) is 8.94 Å². The standard InChI is InChI=1S/C19H24N4O2/c1-12(2)17-21-18(25-22-17)13(3)23-10-8-14(9-11-23)19-20-15-6-4-5-7-16(15)24-19/h4-7,12-14H,8-11H2,1-3H3/t13-/m0/s1. The highest BCUT2D eigenvalue weighted by molar-refractivity contribution is 5.72. The Labute approximate surface area is 147 Å². The van der Waals surface area contributed by atoms with Gasteiger partial charge >= 0.3 is 0 Å². The van der Waals surface area contributed by atoms with Crippen LogP contribution in [0.1, 0.15) is 69.1 Å². The van der Waals surface area contributed by atoms with Crippen molar-refractivity contribution in [2.24, 2.45) is 0 Å². The molecule has 0 bridgehead atoms. The summed E-state index contributed by atoms with van der Waals surface area (Å²) in [5, 5.41) is 4.08. The smallest absolute Gasteiger partial charge is 0.243 e. The maximum absolute atomic E-state index is 5.95. The van der Waals surface area contributed by atoms with E-state index in [-0.39, 0.29) is 12.0 Å². The lowest BCUT2D eigenvalue weighted by Gasteiger charge is -2.33. The maximum Gasteiger partial charge on any atom is 0.243 e. The van der Waals surface area contributed by atoms with E-state index in [1.165, 1.54) is 0 Å². The van der Waals surface area contributed by atoms with Crippen molar-refractivity contribution < 1.29 is 8.94 Å². The zero-order chi connectivity index (χ0) is 17.4. The van der Waals surface area contributed by atoms with Crippen LogP contribution in [0, 0.1) is 0 Å². The van der Waals surface area contributed by atoms with Gasteiger partial charge in [-0.3, -0.25) is 4.90 Å². The number of piperidine rings is 1. The van der Waals surface area contributed by atoms with E-state index in [9.17, 15) is 0 Å². The zero-order valence-corrected chi connectivity index (χ0v) is 15.0. The molecular weight excluding hydrogens is 316 g/mol. The first-order valence-corrected chi connectivity index (χ1v) is 9.05. The minimum absolute atomic E-state index is 0.143. The summed E-state index contributed by atoms with van der Waals surface area (Å²) in [6.45, 7) is 8.24. The Bertz CT molecular complexity index is 813. The van der Waals surface area contributed by atoms with E-state index >= 15 is 0 Å². The summed E-state index contributed by atoms with van der Waals surface area (Å²) >= 11 is 0. The molecule has 132 valence electrons. The molecule has 0 unspecified atom stereocenters. The van der Waals surface area contributed by atoms with Crippen molar-refractivity contribution >= 4 is 11.1 Å². The van der Waals surface area contributed by atoms with Gasteiger partial charge in [-0.05, 0) is 45.0 Å². The van der Waals surface area contributed by atoms with Crippen LogP contribution in [0.15, 0.2) is 33.2 Å². The molecule has 1 aliphatic rings. The fraction of sp³-hybridized carbons (Fsp3) is 0.526. The molecule has 0 spiro atoms. The lowest BCUT2D eigenvalue weighted by molar-refractivity contribution is 0.131. The molecule has 1 aliphatic heterocycles. The molecule has 0 radical (unpaired) electrons. The summed E-state index contributed by atoms with van der Waals surface area (Å²) in [4.78, 5) is 11.6. The topological polar surface area (TPSA) is 68.2 Å². The first-order valence-electron chi connectivity index (χ1n) is 9.05. The molecule has 1 saturated heterocycles. The molecular formula is C19H24N4O2. The molecule has 0 N–H and O–H groups in total. The summed E-state index contributed by atoms with van der Waals surface area (Å²) in [5.74, 6) is 3.03. The minimum atomic E-state index is 0.143. The molecule has 2 aromatic heterocycles. The highest BCUT2D eigenvalue weighted by Gasteiger charge is 2.29. The fourth-order valence-corrected chi connectivity index (χ4v) is 3.41. The zero-order valence-electron chi connectivity index (χ0n) is 15.0. The third-order valence-corrected chi connectivity index (χ3v) is 5.07. The van der Waals surface area contributed by atoms with E-state index in [1.807, 2.05) is 24.3 Å². The number of likely N-dealkylation sites (tertiary alicyclic amines) is 1. The van der Waals surface area contributed by atoms with E-state index < -0.39 is 0 Å². The Morgan fingerprint density at radius 3 is 2.52 bits per heavy atom. The van der Waals surface area contributed by atoms with Crippen LogP contribution in [-0.2, 0) is 0 Å². The first-order chi connectivity index (χ1) is 12.1. The Hall–Kier alpha value is -2.21. The molecule has 0 aliphatic carbocycles. The second-order valence-corrected chi connectivity index (χ2v) is 7.15. The van der Waals surface area contributed by atoms with Crippen molar-refractivity contribution in [2.45, 2.75) is 51.5 Å². The molecule has 1 atom stereocenters. The van der Waals surface area contributed by atoms with Gasteiger partial charge in [-0.1, -0.05) is 31.1 Å². The SMILES string of the molecule is CC(C)c1noc([C@H](C)N2CCC(c3nc4ccccc4o3)CC2)n1. The van der Waals surface area contributed by atoms with Crippen molar-refractivity contribution in [3.05, 3.63) is 41.9 Å². The van der Waals surface area contributed by atoms with E-state index in [0.717, 1.165) is 48.7 Å². The largest absolute Gasteiger partial charge is 0.440 e. The minimum Gasteiger partial charge on any atom is -0.440 e. The van der Waals surface area contributed by atoms with Crippen LogP contribution >= 0.6 is 0 Å². The van der Waals surface area contributed by atoms with Gasteiger partial charge in [-0.2, -0.15) is 4.98 Å². The molecule has 3 aromatic rings. The molecule has 0 amide bonds. The Morgan fingerprint density at radius 1 is 1.08 bits per heavy atom. The summed E-state index contributed by atoms with van der Waals surface area (Å²) < 4.78 is 11.4. The van der Waals surface area contributed by atoms with Crippen molar-refractivity contribution in [1.29, 1.82) is 0 Å². The van der Waals surface area contributed by atoms with Crippen molar-refractivity contribution in [3.8, 4) is 0 Å². The van der Waals surface area contributed by atoms with Crippen LogP contribution in [0.4, 0.5) is 0 Å². The average molecular weight is 340 g/mol. The van der Waals surface area contributed by atoms with Crippen molar-refractivity contribution in [3.63, 3.8) is 0 Å². The van der Waals surface area contributed by atoms with Crippen molar-refractivity contribution in [2.75, 3.05) is 13.1 Å². The Balaban J connectivity index is 1.41. The number of hydrogen-bond donors (Lipinski definition) is 0. The van der Waals surface area contributed by atoms with Gasteiger partial charge in [0.25, 0.3) is 0 Å². The predicted octanol–water partition coefficient (Wildman–Crippen LogP) is 4.27. The highest BCUT2D eigenvalue weighted by Crippen LogP contribution is 2.33. The van der Waals surface area contributed by atoms with E-state index in [0.29, 0.717) is 11.8 Å². The van der Waals surface area contributed by atoms with Gasteiger partial charge in [0, 0.05) is 11.8 Å². The third kappa shape index (κ3) is 3.18. The normalized spacial score (nSPS) is 18.2. The summed E-state index contributed by atoms with van der Waals surface area (Å²) in [5.41, 5.74) is 1.82. The number of oxazole rings is 1. The highest BCUT2D eigenvalue weighted by atomic mass is 16.5. The second kappa shape index (κ2) is 6.59. The molecule has 3 heterocycles. The van der Waals surface area contributed by atoms with Crippen LogP contribution in [-0.4, -0.2) is 33.1 Å². The second-order valence-electron chi connectivity index (χ2n) is 7.15. The fourth-order valence-electron chi connectivity index (χ4n) is 3.41. The number of hydrogen-bond acceptors (Lipinski definition) is 6. The van der Waals surface area contributed by atoms with Crippen molar-refractivity contribution in [1.82, 2.24) is 20.0 Å². The van der Waals surface area contributed by atoms with Gasteiger partial charge in [-0.25, -0.2) is 4.98 Å². The van der Waals surface area contributed by atoms with Gasteiger partial charge in [0.05, 0.1) is 6.04 Å². The van der Waals surface area contributed by atoms with Crippen LogP contribution < -0.4 is 0 Å². The lowest BCUT2D eigenvalue weighted by Crippen LogP contribution is -2.35. The van der Waals surface area contributed by atoms with Crippen LogP contribution in [0.25, 0.3) is 11.1 Å². The molecule has 4 rings (SSSR count). The Morgan fingerprint density at radius 2 is 1.84 bits per heavy atom. The summed E-state index contributed by atoms with van der Waals surface area (Å²) in [7, 11) is 0. The van der Waals surface area contributed by atoms with Crippen LogP contribution in [0.2, 0.25) is 0 Å². The molecule has 6 heteroatoms. The lowest BCUT2D eigenvalue weighted by atomic mass is 9.96. The van der Waals surface area contributed by atoms with Gasteiger partial charge in [0.15, 0.2) is 17.3 Å². The number of fused-ring (bicyclic) bond motifs is 1. The first kappa shape index (κ1) is 16.3. The Kier molecular flexibility index (Phi) is 4.29. The average Bonchev–Trinajstić information content (AvgIpc) is 3.28. The number of aromatic nitrogens is 3. The number of para-hydroxylation sites is 2. The monoisotopic (exact) mass is 340 g/mol. The number of nitrogens with zero attached hydrogens (tertiary/aromatic N) is 4. The summed E-state index contributed by atoms with van der Waals surface area (Å²) in [6.07, 6.45) is 2.06. The summed E-state index contributed by atoms with van der Waals surface area (Å²) in [6, 6.07) is 8.10. The quantitative estimate of drug-likeness (QED) is 0.706. The predicted molar refractivity (Wildman–Crippen MR) is 94.4 cm³/mol. The maximum atomic E-state index is 5.95. The van der Waals surface area contributed by atoms with Crippen LogP contribution in [0.5, 0.6) is 0 Å². The third-order valence-electron chi connectivity index (χ3n) is 5.07. The molecule has 6 nitrogen and oxygen atoms in total. The van der Waals surface area contributed by atoms with Crippen LogP contribution in [0.3, 0.4) is 0 Å². The number of rotatable bonds is 4. The molecule has 1 aromatic carbocycles. The van der Waals surface area contributed by atoms with Gasteiger partial charge in [-0.15, -0.1) is 0 Å². The van der Waals surface area contributed by atoms with Gasteiger partial charge in [0.2, 0.25) is 5.89 Å². The molecule has 0 saturated carbocycles. The molecule has 1 fully saturated rings. The molecule has 25 heavy (non-hydrogen) atoms. The van der Waals surface area contributed by atoms with Gasteiger partial charge in [0.1, 0.15) is 5.52 Å².